The first kappa shape index (κ1) is 10.8. The number of likely N-dealkylation sites (N-methyl/N-ethyl adjacent to an activating group) is 1. The maximum atomic E-state index is 5.20. The van der Waals surface area contributed by atoms with Crippen LogP contribution in [0.2, 0.25) is 0 Å². The lowest BCUT2D eigenvalue weighted by atomic mass is 10.4. The Bertz CT molecular complexity index is 377. The molecule has 4 nitrogen and oxygen atoms in total. The van der Waals surface area contributed by atoms with Gasteiger partial charge in [-0.15, -0.1) is 0 Å². The first-order valence-electron chi connectivity index (χ1n) is 5.56. The predicted octanol–water partition coefficient (Wildman–Crippen LogP) is 1.60. The van der Waals surface area contributed by atoms with Crippen molar-refractivity contribution >= 4 is 12.2 Å². The van der Waals surface area contributed by atoms with Crippen molar-refractivity contribution < 1.29 is 0 Å². The fourth-order valence-electron chi connectivity index (χ4n) is 1.81. The number of nitrogens with zero attached hydrogens (tertiary/aromatic N) is 3. The third-order valence-corrected chi connectivity index (χ3v) is 3.31. The van der Waals surface area contributed by atoms with Crippen LogP contribution in [0.5, 0.6) is 0 Å². The highest BCUT2D eigenvalue weighted by Gasteiger charge is 2.25. The molecule has 0 amide bonds. The molecule has 0 aliphatic heterocycles. The topological polar surface area (TPSA) is 36.9 Å². The second kappa shape index (κ2) is 4.45. The van der Waals surface area contributed by atoms with Gasteiger partial charge in [0, 0.05) is 25.6 Å². The number of nitrogens with one attached hydrogen (secondary N) is 1. The third-order valence-electron chi connectivity index (χ3n) is 3.00. The molecule has 0 spiro atoms. The van der Waals surface area contributed by atoms with Crippen molar-refractivity contribution in [2.45, 2.75) is 38.8 Å². The fourth-order valence-corrected chi connectivity index (χ4v) is 2.05. The Morgan fingerprint density at radius 1 is 1.60 bits per heavy atom. The number of rotatable bonds is 5. The van der Waals surface area contributed by atoms with Gasteiger partial charge in [0.05, 0.1) is 0 Å². The fraction of sp³-hybridized carbons (Fsp3) is 0.800. The second-order valence-corrected chi connectivity index (χ2v) is 4.55. The average molecular weight is 226 g/mol. The molecule has 1 aliphatic rings. The van der Waals surface area contributed by atoms with Crippen LogP contribution in [-0.4, -0.2) is 39.3 Å². The Morgan fingerprint density at radius 3 is 2.93 bits per heavy atom. The zero-order valence-electron chi connectivity index (χ0n) is 9.36. The molecule has 1 aromatic heterocycles. The Morgan fingerprint density at radius 2 is 2.33 bits per heavy atom. The molecule has 84 valence electrons. The maximum Gasteiger partial charge on any atom is 0.195 e. The Balaban J connectivity index is 1.96. The Hall–Kier alpha value is -0.680. The van der Waals surface area contributed by atoms with E-state index in [-0.39, 0.29) is 0 Å². The molecular weight excluding hydrogens is 208 g/mol. The van der Waals surface area contributed by atoms with Gasteiger partial charge in [-0.3, -0.25) is 5.10 Å². The zero-order chi connectivity index (χ0) is 10.8. The summed E-state index contributed by atoms with van der Waals surface area (Å²) in [7, 11) is 2.19. The monoisotopic (exact) mass is 226 g/mol. The van der Waals surface area contributed by atoms with E-state index in [1.165, 1.54) is 12.8 Å². The van der Waals surface area contributed by atoms with E-state index in [0.717, 1.165) is 36.1 Å². The number of aryl methyl sites for hydroxylation is 1. The van der Waals surface area contributed by atoms with E-state index in [4.69, 9.17) is 12.2 Å². The van der Waals surface area contributed by atoms with Crippen LogP contribution in [0.3, 0.4) is 0 Å². The van der Waals surface area contributed by atoms with Crippen LogP contribution in [0, 0.1) is 4.77 Å². The maximum absolute atomic E-state index is 5.20. The largest absolute Gasteiger partial charge is 0.303 e. The predicted molar refractivity (Wildman–Crippen MR) is 62.4 cm³/mol. The molecule has 0 aromatic carbocycles. The molecule has 0 bridgehead atoms. The second-order valence-electron chi connectivity index (χ2n) is 4.16. The summed E-state index contributed by atoms with van der Waals surface area (Å²) in [6.45, 7) is 4.11. The van der Waals surface area contributed by atoms with Gasteiger partial charge in [-0.05, 0) is 32.1 Å². The first-order valence-corrected chi connectivity index (χ1v) is 5.97. The van der Waals surface area contributed by atoms with Gasteiger partial charge in [0.25, 0.3) is 0 Å². The molecule has 1 aromatic rings. The Kier molecular flexibility index (Phi) is 3.21. The van der Waals surface area contributed by atoms with E-state index < -0.39 is 0 Å². The molecule has 0 unspecified atom stereocenters. The lowest BCUT2D eigenvalue weighted by Gasteiger charge is -2.16. The van der Waals surface area contributed by atoms with Crippen molar-refractivity contribution in [3.63, 3.8) is 0 Å². The van der Waals surface area contributed by atoms with Gasteiger partial charge in [0.1, 0.15) is 5.82 Å². The van der Waals surface area contributed by atoms with Crippen LogP contribution in [0.15, 0.2) is 0 Å². The standard InChI is InChI=1S/C10H18N4S/c1-3-9-11-12-10(15)14(9)7-6-13(2)8-4-5-8/h8H,3-7H2,1-2H3,(H,12,15). The van der Waals surface area contributed by atoms with Crippen LogP contribution in [-0.2, 0) is 13.0 Å². The molecule has 1 saturated carbocycles. The molecule has 1 N–H and O–H groups in total. The molecule has 5 heteroatoms. The number of aromatic nitrogens is 3. The SMILES string of the molecule is CCc1n[nH]c(=S)n1CCN(C)C1CC1. The van der Waals surface area contributed by atoms with Gasteiger partial charge < -0.3 is 9.47 Å². The van der Waals surface area contributed by atoms with Gasteiger partial charge >= 0.3 is 0 Å². The molecule has 1 heterocycles. The summed E-state index contributed by atoms with van der Waals surface area (Å²) in [4.78, 5) is 2.41. The molecule has 0 radical (unpaired) electrons. The van der Waals surface area contributed by atoms with Gasteiger partial charge in [-0.25, -0.2) is 0 Å². The highest BCUT2D eigenvalue weighted by Crippen LogP contribution is 2.24. The minimum absolute atomic E-state index is 0.746. The molecule has 1 aliphatic carbocycles. The van der Waals surface area contributed by atoms with Crippen molar-refractivity contribution in [2.24, 2.45) is 0 Å². The van der Waals surface area contributed by atoms with Crippen molar-refractivity contribution in [2.75, 3.05) is 13.6 Å². The van der Waals surface area contributed by atoms with Crippen LogP contribution < -0.4 is 0 Å². The summed E-state index contributed by atoms with van der Waals surface area (Å²) in [5.41, 5.74) is 0. The quantitative estimate of drug-likeness (QED) is 0.775. The van der Waals surface area contributed by atoms with Gasteiger partial charge in [-0.1, -0.05) is 6.92 Å². The van der Waals surface area contributed by atoms with Crippen LogP contribution in [0.25, 0.3) is 0 Å². The van der Waals surface area contributed by atoms with Crippen LogP contribution in [0.4, 0.5) is 0 Å². The van der Waals surface area contributed by atoms with Gasteiger partial charge in [0.2, 0.25) is 0 Å². The Labute approximate surface area is 95.3 Å². The number of aromatic amines is 1. The first-order chi connectivity index (χ1) is 7.22. The van der Waals surface area contributed by atoms with Gasteiger partial charge in [-0.2, -0.15) is 5.10 Å². The lowest BCUT2D eigenvalue weighted by Crippen LogP contribution is -2.25. The highest BCUT2D eigenvalue weighted by atomic mass is 32.1. The summed E-state index contributed by atoms with van der Waals surface area (Å²) in [5.74, 6) is 1.06. The molecule has 0 saturated heterocycles. The summed E-state index contributed by atoms with van der Waals surface area (Å²) < 4.78 is 2.85. The van der Waals surface area contributed by atoms with E-state index in [1.54, 1.807) is 0 Å². The molecule has 0 atom stereocenters. The average Bonchev–Trinajstić information content (AvgIpc) is 3.01. The van der Waals surface area contributed by atoms with Crippen LogP contribution in [0.1, 0.15) is 25.6 Å². The normalized spacial score (nSPS) is 16.2. The van der Waals surface area contributed by atoms with Gasteiger partial charge in [0.15, 0.2) is 4.77 Å². The van der Waals surface area contributed by atoms with E-state index in [9.17, 15) is 0 Å². The number of H-pyrrole nitrogens is 1. The number of hydrogen-bond acceptors (Lipinski definition) is 3. The summed E-state index contributed by atoms with van der Waals surface area (Å²) in [6.07, 6.45) is 3.64. The summed E-state index contributed by atoms with van der Waals surface area (Å²) in [6, 6.07) is 0.816. The van der Waals surface area contributed by atoms with E-state index in [0.29, 0.717) is 0 Å². The smallest absolute Gasteiger partial charge is 0.195 e. The summed E-state index contributed by atoms with van der Waals surface area (Å²) >= 11 is 5.20. The molecule has 15 heavy (non-hydrogen) atoms. The van der Waals surface area contributed by atoms with Crippen LogP contribution >= 0.6 is 12.2 Å². The lowest BCUT2D eigenvalue weighted by molar-refractivity contribution is 0.307. The van der Waals surface area contributed by atoms with Crippen molar-refractivity contribution in [1.82, 2.24) is 19.7 Å². The van der Waals surface area contributed by atoms with Crippen molar-refractivity contribution in [3.8, 4) is 0 Å². The summed E-state index contributed by atoms with van der Waals surface area (Å²) in [5, 5.41) is 7.05. The molecule has 1 fully saturated rings. The van der Waals surface area contributed by atoms with Crippen molar-refractivity contribution in [1.29, 1.82) is 0 Å². The zero-order valence-corrected chi connectivity index (χ0v) is 10.2. The van der Waals surface area contributed by atoms with Crippen molar-refractivity contribution in [3.05, 3.63) is 10.6 Å². The van der Waals surface area contributed by atoms with E-state index >= 15 is 0 Å². The van der Waals surface area contributed by atoms with E-state index in [1.807, 2.05) is 0 Å². The highest BCUT2D eigenvalue weighted by molar-refractivity contribution is 7.71. The molecular formula is C10H18N4S. The van der Waals surface area contributed by atoms with E-state index in [2.05, 4.69) is 33.6 Å². The number of hydrogen-bond donors (Lipinski definition) is 1. The minimum Gasteiger partial charge on any atom is -0.303 e. The minimum atomic E-state index is 0.746. The third kappa shape index (κ3) is 2.46. The molecule has 2 rings (SSSR count).